The van der Waals surface area contributed by atoms with Gasteiger partial charge < -0.3 is 4.57 Å². The molecule has 106 valence electrons. The summed E-state index contributed by atoms with van der Waals surface area (Å²) >= 11 is 0. The lowest BCUT2D eigenvalue weighted by molar-refractivity contribution is 0.901. The van der Waals surface area contributed by atoms with E-state index in [9.17, 15) is 0 Å². The van der Waals surface area contributed by atoms with Gasteiger partial charge >= 0.3 is 0 Å². The van der Waals surface area contributed by atoms with Gasteiger partial charge in [-0.3, -0.25) is 0 Å². The van der Waals surface area contributed by atoms with Crippen LogP contribution in [0.5, 0.6) is 0 Å². The molecule has 0 N–H and O–H groups in total. The highest BCUT2D eigenvalue weighted by Crippen LogP contribution is 2.26. The lowest BCUT2D eigenvalue weighted by Gasteiger charge is -2.00. The Kier molecular flexibility index (Phi) is 11.7. The maximum absolute atomic E-state index is 3.84. The molecule has 0 bridgehead atoms. The summed E-state index contributed by atoms with van der Waals surface area (Å²) in [6.45, 7) is 21.5. The summed E-state index contributed by atoms with van der Waals surface area (Å²) in [6.07, 6.45) is 9.64. The van der Waals surface area contributed by atoms with Crippen molar-refractivity contribution in [2.75, 3.05) is 0 Å². The van der Waals surface area contributed by atoms with Crippen LogP contribution in [0, 0.1) is 0 Å². The number of aromatic nitrogens is 1. The van der Waals surface area contributed by atoms with E-state index in [0.717, 1.165) is 22.5 Å². The van der Waals surface area contributed by atoms with E-state index in [4.69, 9.17) is 0 Å². The van der Waals surface area contributed by atoms with Gasteiger partial charge in [0.25, 0.3) is 0 Å². The molecule has 0 aliphatic carbocycles. The fraction of sp³-hybridized carbons (Fsp3) is 0.333. The Morgan fingerprint density at radius 2 is 1.21 bits per heavy atom. The van der Waals surface area contributed by atoms with Crippen molar-refractivity contribution in [2.45, 2.75) is 34.6 Å². The Morgan fingerprint density at radius 1 is 0.789 bits per heavy atom. The van der Waals surface area contributed by atoms with E-state index in [1.807, 2.05) is 66.0 Å². The number of rotatable bonds is 4. The molecule has 0 spiro atoms. The highest BCUT2D eigenvalue weighted by atomic mass is 15.0. The average Bonchev–Trinajstić information content (AvgIpc) is 2.75. The van der Waals surface area contributed by atoms with E-state index < -0.39 is 0 Å². The van der Waals surface area contributed by atoms with Crippen LogP contribution in [0.2, 0.25) is 0 Å². The molecule has 0 aromatic carbocycles. The number of allylic oxidation sites excluding steroid dienone is 1. The van der Waals surface area contributed by atoms with Crippen molar-refractivity contribution in [1.82, 2.24) is 4.57 Å². The zero-order valence-corrected chi connectivity index (χ0v) is 13.5. The van der Waals surface area contributed by atoms with Gasteiger partial charge in [0.2, 0.25) is 0 Å². The monoisotopic (exact) mass is 259 g/mol. The first kappa shape index (κ1) is 19.6. The standard InChI is InChI=1S/C14H17N.2C2H6/c1-6-10-14-12(8-3)11(7-2)13(9-4)15(14)5;2*1-2/h6-10H,2-4H2,1,5H3;2*1-2H3/b10-6-;;. The highest BCUT2D eigenvalue weighted by Gasteiger charge is 2.12. The van der Waals surface area contributed by atoms with Crippen LogP contribution in [-0.2, 0) is 7.05 Å². The highest BCUT2D eigenvalue weighted by molar-refractivity contribution is 5.78. The minimum Gasteiger partial charge on any atom is -0.344 e. The largest absolute Gasteiger partial charge is 0.344 e. The second-order valence-electron chi connectivity index (χ2n) is 3.27. The SMILES string of the molecule is C=Cc1c(C=C)c(/C=C\C)n(C)c1C=C.CC.CC. The van der Waals surface area contributed by atoms with Gasteiger partial charge in [-0.1, -0.05) is 65.7 Å². The first-order chi connectivity index (χ1) is 9.21. The minimum absolute atomic E-state index is 1.08. The molecule has 1 aromatic rings. The van der Waals surface area contributed by atoms with Gasteiger partial charge in [-0.05, 0) is 19.1 Å². The second kappa shape index (κ2) is 11.3. The van der Waals surface area contributed by atoms with E-state index in [1.165, 1.54) is 0 Å². The van der Waals surface area contributed by atoms with Crippen LogP contribution in [0.1, 0.15) is 57.1 Å². The fourth-order valence-corrected chi connectivity index (χ4v) is 1.80. The molecule has 0 radical (unpaired) electrons. The average molecular weight is 259 g/mol. The molecule has 0 amide bonds. The van der Waals surface area contributed by atoms with E-state index in [2.05, 4.69) is 30.4 Å². The summed E-state index contributed by atoms with van der Waals surface area (Å²) in [4.78, 5) is 0. The van der Waals surface area contributed by atoms with Gasteiger partial charge in [-0.2, -0.15) is 0 Å². The molecule has 0 aliphatic heterocycles. The van der Waals surface area contributed by atoms with Crippen LogP contribution < -0.4 is 0 Å². The van der Waals surface area contributed by atoms with Crippen molar-refractivity contribution < 1.29 is 0 Å². The smallest absolute Gasteiger partial charge is 0.0485 e. The van der Waals surface area contributed by atoms with Gasteiger partial charge in [-0.25, -0.2) is 0 Å². The zero-order valence-electron chi connectivity index (χ0n) is 13.5. The Balaban J connectivity index is 0. The van der Waals surface area contributed by atoms with Crippen molar-refractivity contribution in [2.24, 2.45) is 7.05 Å². The Morgan fingerprint density at radius 3 is 1.53 bits per heavy atom. The molecule has 1 nitrogen and oxygen atoms in total. The first-order valence-electron chi connectivity index (χ1n) is 6.93. The van der Waals surface area contributed by atoms with Gasteiger partial charge in [0.1, 0.15) is 0 Å². The summed E-state index contributed by atoms with van der Waals surface area (Å²) in [5.74, 6) is 0. The quantitative estimate of drug-likeness (QED) is 0.621. The molecule has 0 atom stereocenters. The summed E-state index contributed by atoms with van der Waals surface area (Å²) in [6, 6.07) is 0. The molecule has 0 saturated carbocycles. The molecule has 1 rings (SSSR count). The van der Waals surface area contributed by atoms with Gasteiger partial charge in [0, 0.05) is 29.6 Å². The van der Waals surface area contributed by atoms with Crippen LogP contribution in [0.25, 0.3) is 24.3 Å². The molecule has 1 aromatic heterocycles. The van der Waals surface area contributed by atoms with Crippen molar-refractivity contribution in [3.8, 4) is 0 Å². The molecule has 1 heterocycles. The third-order valence-corrected chi connectivity index (χ3v) is 2.49. The Bertz CT molecular complexity index is 431. The molecule has 0 fully saturated rings. The molecular formula is C18H29N. The van der Waals surface area contributed by atoms with Crippen LogP contribution in [-0.4, -0.2) is 4.57 Å². The topological polar surface area (TPSA) is 4.93 Å². The molecule has 0 aliphatic rings. The maximum atomic E-state index is 3.84. The van der Waals surface area contributed by atoms with Crippen LogP contribution in [0.15, 0.2) is 25.8 Å². The zero-order chi connectivity index (χ0) is 15.4. The van der Waals surface area contributed by atoms with E-state index in [1.54, 1.807) is 0 Å². The van der Waals surface area contributed by atoms with Crippen molar-refractivity contribution in [1.29, 1.82) is 0 Å². The van der Waals surface area contributed by atoms with Gasteiger partial charge in [0.05, 0.1) is 0 Å². The minimum atomic E-state index is 1.08. The summed E-state index contributed by atoms with van der Waals surface area (Å²) in [5.41, 5.74) is 4.42. The van der Waals surface area contributed by atoms with E-state index in [-0.39, 0.29) is 0 Å². The fourth-order valence-electron chi connectivity index (χ4n) is 1.80. The Hall–Kier alpha value is -1.76. The van der Waals surface area contributed by atoms with Crippen LogP contribution in [0.3, 0.4) is 0 Å². The normalized spacial score (nSPS) is 8.95. The number of nitrogens with zero attached hydrogens (tertiary/aromatic N) is 1. The summed E-state index contributed by atoms with van der Waals surface area (Å²) < 4.78 is 2.10. The maximum Gasteiger partial charge on any atom is 0.0485 e. The van der Waals surface area contributed by atoms with Gasteiger partial charge in [-0.15, -0.1) is 0 Å². The summed E-state index contributed by atoms with van der Waals surface area (Å²) in [5, 5.41) is 0. The van der Waals surface area contributed by atoms with Gasteiger partial charge in [0.15, 0.2) is 0 Å². The van der Waals surface area contributed by atoms with Crippen LogP contribution in [0.4, 0.5) is 0 Å². The molecule has 0 unspecified atom stereocenters. The lowest BCUT2D eigenvalue weighted by Crippen LogP contribution is -1.93. The van der Waals surface area contributed by atoms with E-state index in [0.29, 0.717) is 0 Å². The van der Waals surface area contributed by atoms with E-state index >= 15 is 0 Å². The Labute approximate surface area is 119 Å². The van der Waals surface area contributed by atoms with Crippen molar-refractivity contribution in [3.63, 3.8) is 0 Å². The third kappa shape index (κ3) is 4.44. The van der Waals surface area contributed by atoms with Crippen LogP contribution >= 0.6 is 0 Å². The van der Waals surface area contributed by atoms with Crippen molar-refractivity contribution >= 4 is 24.3 Å². The first-order valence-corrected chi connectivity index (χ1v) is 6.93. The molecule has 19 heavy (non-hydrogen) atoms. The molecular weight excluding hydrogens is 230 g/mol. The van der Waals surface area contributed by atoms with Crippen molar-refractivity contribution in [3.05, 3.63) is 48.3 Å². The molecule has 0 saturated heterocycles. The predicted molar refractivity (Wildman–Crippen MR) is 93.1 cm³/mol. The second-order valence-corrected chi connectivity index (χ2v) is 3.27. The third-order valence-electron chi connectivity index (χ3n) is 2.49. The number of hydrogen-bond acceptors (Lipinski definition) is 0. The molecule has 1 heteroatoms. The lowest BCUT2D eigenvalue weighted by atomic mass is 10.1. The number of hydrogen-bond donors (Lipinski definition) is 0. The summed E-state index contributed by atoms with van der Waals surface area (Å²) in [7, 11) is 2.02. The predicted octanol–water partition coefficient (Wildman–Crippen LogP) is 6.04.